The van der Waals surface area contributed by atoms with E-state index in [1.54, 1.807) is 24.4 Å². The zero-order valence-electron chi connectivity index (χ0n) is 11.2. The summed E-state index contributed by atoms with van der Waals surface area (Å²) in [5.41, 5.74) is 3.00. The molecule has 0 saturated heterocycles. The molecule has 0 atom stereocenters. The first-order chi connectivity index (χ1) is 9.63. The van der Waals surface area contributed by atoms with Gasteiger partial charge in [-0.05, 0) is 44.0 Å². The third kappa shape index (κ3) is 2.64. The molecule has 1 aliphatic carbocycles. The highest BCUT2D eigenvalue weighted by Gasteiger charge is 2.25. The Kier molecular flexibility index (Phi) is 3.14. The Bertz CT molecular complexity index is 645. The van der Waals surface area contributed by atoms with Crippen LogP contribution in [0, 0.1) is 6.92 Å². The van der Waals surface area contributed by atoms with Crippen LogP contribution in [0.2, 0.25) is 0 Å². The van der Waals surface area contributed by atoms with Crippen LogP contribution in [0.1, 0.15) is 28.9 Å². The summed E-state index contributed by atoms with van der Waals surface area (Å²) in [5.74, 6) is -0.322. The Morgan fingerprint density at radius 1 is 1.30 bits per heavy atom. The fraction of sp³-hybridized carbons (Fsp3) is 0.250. The van der Waals surface area contributed by atoms with E-state index in [2.05, 4.69) is 4.98 Å². The smallest absolute Gasteiger partial charge is 0.335 e. The van der Waals surface area contributed by atoms with Crippen molar-refractivity contribution in [2.45, 2.75) is 25.9 Å². The Balaban J connectivity index is 2.03. The number of aromatic nitrogens is 1. The second-order valence-corrected chi connectivity index (χ2v) is 5.02. The fourth-order valence-corrected chi connectivity index (χ4v) is 1.98. The molecule has 0 amide bonds. The van der Waals surface area contributed by atoms with Crippen LogP contribution in [0.15, 0.2) is 36.5 Å². The predicted molar refractivity (Wildman–Crippen MR) is 75.0 cm³/mol. The van der Waals surface area contributed by atoms with Gasteiger partial charge in [0.1, 0.15) is 5.75 Å². The highest BCUT2D eigenvalue weighted by Crippen LogP contribution is 2.35. The van der Waals surface area contributed by atoms with Crippen LogP contribution >= 0.6 is 0 Å². The van der Waals surface area contributed by atoms with Crippen molar-refractivity contribution < 1.29 is 14.6 Å². The van der Waals surface area contributed by atoms with Gasteiger partial charge < -0.3 is 9.84 Å². The van der Waals surface area contributed by atoms with E-state index < -0.39 is 5.97 Å². The first-order valence-corrected chi connectivity index (χ1v) is 6.60. The number of hydrogen-bond donors (Lipinski definition) is 1. The van der Waals surface area contributed by atoms with Crippen molar-refractivity contribution >= 4 is 5.97 Å². The number of hydrogen-bond acceptors (Lipinski definition) is 3. The average Bonchev–Trinajstić information content (AvgIpc) is 3.24. The van der Waals surface area contributed by atoms with Crippen molar-refractivity contribution in [3.63, 3.8) is 0 Å². The van der Waals surface area contributed by atoms with Crippen LogP contribution in [-0.4, -0.2) is 22.2 Å². The maximum Gasteiger partial charge on any atom is 0.335 e. The molecule has 4 nitrogen and oxygen atoms in total. The van der Waals surface area contributed by atoms with E-state index in [0.29, 0.717) is 5.75 Å². The number of carboxylic acids is 1. The number of ether oxygens (including phenoxy) is 1. The van der Waals surface area contributed by atoms with Crippen LogP contribution < -0.4 is 4.74 Å². The van der Waals surface area contributed by atoms with Gasteiger partial charge in [0.15, 0.2) is 0 Å². The van der Waals surface area contributed by atoms with Gasteiger partial charge in [0.05, 0.1) is 11.7 Å². The van der Waals surface area contributed by atoms with E-state index in [0.717, 1.165) is 29.7 Å². The number of nitrogens with zero attached hydrogens (tertiary/aromatic N) is 1. The van der Waals surface area contributed by atoms with Gasteiger partial charge in [0.2, 0.25) is 0 Å². The van der Waals surface area contributed by atoms with Crippen molar-refractivity contribution in [1.82, 2.24) is 4.98 Å². The lowest BCUT2D eigenvalue weighted by molar-refractivity contribution is 0.0696. The third-order valence-electron chi connectivity index (χ3n) is 3.27. The second-order valence-electron chi connectivity index (χ2n) is 5.02. The van der Waals surface area contributed by atoms with Gasteiger partial charge in [-0.2, -0.15) is 0 Å². The van der Waals surface area contributed by atoms with Crippen LogP contribution in [0.4, 0.5) is 0 Å². The molecular formula is C16H15NO3. The van der Waals surface area contributed by atoms with Gasteiger partial charge in [0, 0.05) is 23.0 Å². The first kappa shape index (κ1) is 12.7. The van der Waals surface area contributed by atoms with Crippen molar-refractivity contribution in [3.8, 4) is 16.9 Å². The van der Waals surface area contributed by atoms with E-state index in [-0.39, 0.29) is 11.7 Å². The molecule has 1 aliphatic rings. The fourth-order valence-electron chi connectivity index (χ4n) is 1.98. The molecule has 1 fully saturated rings. The lowest BCUT2D eigenvalue weighted by Gasteiger charge is -2.12. The molecule has 102 valence electrons. The van der Waals surface area contributed by atoms with Crippen LogP contribution in [0.25, 0.3) is 11.1 Å². The Morgan fingerprint density at radius 2 is 2.10 bits per heavy atom. The minimum absolute atomic E-state index is 0.219. The lowest BCUT2D eigenvalue weighted by Crippen LogP contribution is -2.02. The molecule has 1 saturated carbocycles. The number of rotatable bonds is 4. The standard InChI is InChI=1S/C16H15NO3/c1-10-2-3-12(9-17-10)14-7-4-11(16(18)19)8-15(14)20-13-5-6-13/h2-4,7-9,13H,5-6H2,1H3,(H,18,19). The van der Waals surface area contributed by atoms with E-state index >= 15 is 0 Å². The van der Waals surface area contributed by atoms with Crippen molar-refractivity contribution in [2.75, 3.05) is 0 Å². The number of aryl methyl sites for hydroxylation is 1. The maximum atomic E-state index is 11.1. The van der Waals surface area contributed by atoms with Crippen LogP contribution in [-0.2, 0) is 0 Å². The number of pyridine rings is 1. The van der Waals surface area contributed by atoms with Crippen molar-refractivity contribution in [3.05, 3.63) is 47.8 Å². The number of carboxylic acid groups (broad SMARTS) is 1. The molecule has 2 aromatic rings. The van der Waals surface area contributed by atoms with Gasteiger partial charge in [-0.15, -0.1) is 0 Å². The van der Waals surface area contributed by atoms with Gasteiger partial charge >= 0.3 is 5.97 Å². The summed E-state index contributed by atoms with van der Waals surface area (Å²) in [7, 11) is 0. The molecule has 0 bridgehead atoms. The topological polar surface area (TPSA) is 59.4 Å². The van der Waals surface area contributed by atoms with E-state index in [9.17, 15) is 4.79 Å². The third-order valence-corrected chi connectivity index (χ3v) is 3.27. The van der Waals surface area contributed by atoms with Crippen LogP contribution in [0.3, 0.4) is 0 Å². The van der Waals surface area contributed by atoms with Gasteiger partial charge in [0.25, 0.3) is 0 Å². The van der Waals surface area contributed by atoms with E-state index in [4.69, 9.17) is 9.84 Å². The lowest BCUT2D eigenvalue weighted by atomic mass is 10.0. The Morgan fingerprint density at radius 3 is 2.70 bits per heavy atom. The summed E-state index contributed by atoms with van der Waals surface area (Å²) in [6.07, 6.45) is 4.06. The summed E-state index contributed by atoms with van der Waals surface area (Å²) in [6.45, 7) is 1.93. The quantitative estimate of drug-likeness (QED) is 0.925. The number of carbonyl (C=O) groups is 1. The Hall–Kier alpha value is -2.36. The summed E-state index contributed by atoms with van der Waals surface area (Å²) < 4.78 is 5.84. The number of aromatic carboxylic acids is 1. The molecule has 4 heteroatoms. The maximum absolute atomic E-state index is 11.1. The average molecular weight is 269 g/mol. The highest BCUT2D eigenvalue weighted by molar-refractivity contribution is 5.89. The molecule has 0 spiro atoms. The van der Waals surface area contributed by atoms with Gasteiger partial charge in [-0.3, -0.25) is 4.98 Å². The molecule has 3 rings (SSSR count). The van der Waals surface area contributed by atoms with Gasteiger partial charge in [-0.1, -0.05) is 6.07 Å². The molecule has 0 aliphatic heterocycles. The molecule has 1 heterocycles. The minimum atomic E-state index is -0.945. The molecule has 1 aromatic heterocycles. The SMILES string of the molecule is Cc1ccc(-c2ccc(C(=O)O)cc2OC2CC2)cn1. The molecule has 0 unspecified atom stereocenters. The van der Waals surface area contributed by atoms with Crippen molar-refractivity contribution in [1.29, 1.82) is 0 Å². The summed E-state index contributed by atoms with van der Waals surface area (Å²) in [4.78, 5) is 15.4. The summed E-state index contributed by atoms with van der Waals surface area (Å²) >= 11 is 0. The van der Waals surface area contributed by atoms with Crippen molar-refractivity contribution in [2.24, 2.45) is 0 Å². The largest absolute Gasteiger partial charge is 0.490 e. The van der Waals surface area contributed by atoms with E-state index in [1.165, 1.54) is 0 Å². The highest BCUT2D eigenvalue weighted by atomic mass is 16.5. The molecule has 0 radical (unpaired) electrons. The Labute approximate surface area is 117 Å². The molecular weight excluding hydrogens is 254 g/mol. The minimum Gasteiger partial charge on any atom is -0.490 e. The predicted octanol–water partition coefficient (Wildman–Crippen LogP) is 3.30. The number of benzene rings is 1. The van der Waals surface area contributed by atoms with Gasteiger partial charge in [-0.25, -0.2) is 4.79 Å². The summed E-state index contributed by atoms with van der Waals surface area (Å²) in [6, 6.07) is 8.87. The zero-order chi connectivity index (χ0) is 14.1. The monoisotopic (exact) mass is 269 g/mol. The second kappa shape index (κ2) is 4.96. The summed E-state index contributed by atoms with van der Waals surface area (Å²) in [5, 5.41) is 9.09. The zero-order valence-corrected chi connectivity index (χ0v) is 11.2. The molecule has 20 heavy (non-hydrogen) atoms. The molecule has 1 aromatic carbocycles. The normalized spacial score (nSPS) is 14.1. The first-order valence-electron chi connectivity index (χ1n) is 6.60. The van der Waals surface area contributed by atoms with E-state index in [1.807, 2.05) is 19.1 Å². The van der Waals surface area contributed by atoms with Crippen LogP contribution in [0.5, 0.6) is 5.75 Å². The molecule has 1 N–H and O–H groups in total.